The van der Waals surface area contributed by atoms with Crippen LogP contribution < -0.4 is 9.47 Å². The fourth-order valence-electron chi connectivity index (χ4n) is 6.05. The van der Waals surface area contributed by atoms with Gasteiger partial charge in [-0.2, -0.15) is 17.6 Å². The van der Waals surface area contributed by atoms with E-state index in [9.17, 15) is 43.9 Å². The van der Waals surface area contributed by atoms with E-state index in [2.05, 4.69) is 49.1 Å². The van der Waals surface area contributed by atoms with E-state index < -0.39 is 58.2 Å². The minimum Gasteiger partial charge on any atom is -0.429 e. The highest BCUT2D eigenvalue weighted by Crippen LogP contribution is 2.39. The Balaban J connectivity index is 0.000000264. The average Bonchev–Trinajstić information content (AvgIpc) is 3.24. The zero-order valence-corrected chi connectivity index (χ0v) is 38.0. The molecule has 0 bridgehead atoms. The van der Waals surface area contributed by atoms with E-state index in [4.69, 9.17) is 10.2 Å². The van der Waals surface area contributed by atoms with Gasteiger partial charge in [-0.05, 0) is 156 Å². The van der Waals surface area contributed by atoms with Crippen molar-refractivity contribution in [3.63, 3.8) is 0 Å². The number of halogens is 12. The lowest BCUT2D eigenvalue weighted by atomic mass is 10.0. The van der Waals surface area contributed by atoms with Crippen molar-refractivity contribution in [3.8, 4) is 57.4 Å². The lowest BCUT2D eigenvalue weighted by Gasteiger charge is -2.20. The molecular weight excluding hydrogens is 1060 g/mol. The van der Waals surface area contributed by atoms with Crippen LogP contribution in [0.5, 0.6) is 11.5 Å². The molecule has 0 atom stereocenters. The molecule has 6 aromatic rings. The summed E-state index contributed by atoms with van der Waals surface area (Å²) >= 11 is 5.04. The molecule has 0 unspecified atom stereocenters. The van der Waals surface area contributed by atoms with Crippen molar-refractivity contribution >= 4 is 38.5 Å². The highest BCUT2D eigenvalue weighted by Gasteiger charge is 2.42. The Labute approximate surface area is 395 Å². The maximum Gasteiger partial charge on any atom is 0.432 e. The molecule has 0 radical (unpaired) electrons. The van der Waals surface area contributed by atoms with Gasteiger partial charge in [0, 0.05) is 56.4 Å². The number of aliphatic hydroxyl groups is 2. The molecule has 6 aromatic carbocycles. The summed E-state index contributed by atoms with van der Waals surface area (Å²) < 4.78 is 155. The summed E-state index contributed by atoms with van der Waals surface area (Å²) in [4.78, 5) is 0. The summed E-state index contributed by atoms with van der Waals surface area (Å²) in [7, 11) is 0. The third-order valence-corrected chi connectivity index (χ3v) is 10.4. The van der Waals surface area contributed by atoms with Crippen molar-refractivity contribution in [3.05, 3.63) is 174 Å². The van der Waals surface area contributed by atoms with Crippen molar-refractivity contribution < 1.29 is 63.6 Å². The molecule has 0 aromatic heterocycles. The molecule has 0 aliphatic carbocycles. The topological polar surface area (TPSA) is 58.9 Å². The molecule has 0 aliphatic heterocycles. The lowest BCUT2D eigenvalue weighted by Crippen LogP contribution is -2.25. The fourth-order valence-corrected chi connectivity index (χ4v) is 6.74. The van der Waals surface area contributed by atoms with Gasteiger partial charge in [-0.3, -0.25) is 0 Å². The molecule has 0 spiro atoms. The Morgan fingerprint density at radius 1 is 0.485 bits per heavy atom. The summed E-state index contributed by atoms with van der Waals surface area (Å²) in [5.41, 5.74) is -3.01. The Bertz CT molecular complexity index is 2700. The minimum absolute atomic E-state index is 0.0610. The molecule has 0 heterocycles. The fraction of sp³-hybridized carbons (Fsp3) is 0.200. The molecule has 66 heavy (non-hydrogen) atoms. The molecular formula is C50H36BrF10IO4. The second kappa shape index (κ2) is 23.8. The van der Waals surface area contributed by atoms with E-state index >= 15 is 0 Å². The van der Waals surface area contributed by atoms with Crippen LogP contribution in [0, 0.1) is 62.2 Å². The van der Waals surface area contributed by atoms with Crippen LogP contribution in [-0.4, -0.2) is 23.4 Å². The van der Waals surface area contributed by atoms with Gasteiger partial charge >= 0.3 is 12.2 Å². The summed E-state index contributed by atoms with van der Waals surface area (Å²) in [5.74, 6) is 2.96. The van der Waals surface area contributed by atoms with Gasteiger partial charge in [0.05, 0.1) is 0 Å². The normalized spacial score (nSPS) is 11.1. The standard InChI is InChI=1S/C31H27F5O3.C19H9BrF5IO/c32-27-19-23(10-6-2-4-8-18-38)13-16-26(27)24-20-28(33)30(29(34)21-24)31(35,36)39-25-14-11-22(12-15-25)9-5-1-3-7-17-37;20-11-1-6-14(15(21)9-11)10-7-16(22)18(17(23)8-10)19(24,25)27-13-4-2-12(26)3-5-13/h11-16,19-21,37-38H,1-4,7-8,17-18H2;1-9H. The molecule has 344 valence electrons. The number of benzene rings is 6. The SMILES string of the molecule is Fc1cc(Br)ccc1-c1cc(F)c(C(F)(F)Oc2ccc(I)cc2)c(F)c1.OCCCCC#Cc1ccc(OC(F)(F)c2c(F)cc(-c3ccc(C#CCCCCO)cc3F)cc2F)cc1. The first-order valence-corrected chi connectivity index (χ1v) is 21.7. The van der Waals surface area contributed by atoms with Gasteiger partial charge in [0.1, 0.15) is 57.5 Å². The van der Waals surface area contributed by atoms with E-state index in [-0.39, 0.29) is 47.0 Å². The molecule has 2 N–H and O–H groups in total. The Kier molecular flexibility index (Phi) is 18.5. The lowest BCUT2D eigenvalue weighted by molar-refractivity contribution is -0.190. The second-order valence-corrected chi connectivity index (χ2v) is 16.3. The van der Waals surface area contributed by atoms with E-state index in [0.29, 0.717) is 72.0 Å². The number of ether oxygens (including phenoxy) is 2. The van der Waals surface area contributed by atoms with Gasteiger partial charge < -0.3 is 19.7 Å². The Morgan fingerprint density at radius 3 is 1.30 bits per heavy atom. The first kappa shape index (κ1) is 51.5. The molecule has 0 saturated heterocycles. The van der Waals surface area contributed by atoms with Crippen LogP contribution in [0.25, 0.3) is 22.3 Å². The van der Waals surface area contributed by atoms with Gasteiger partial charge in [0.2, 0.25) is 0 Å². The molecule has 4 nitrogen and oxygen atoms in total. The number of aliphatic hydroxyl groups excluding tert-OH is 2. The maximum absolute atomic E-state index is 14.8. The summed E-state index contributed by atoms with van der Waals surface area (Å²) in [6.07, 6.45) is -4.86. The van der Waals surface area contributed by atoms with Crippen LogP contribution >= 0.6 is 38.5 Å². The quantitative estimate of drug-likeness (QED) is 0.0494. The van der Waals surface area contributed by atoms with Crippen molar-refractivity contribution in [2.24, 2.45) is 0 Å². The highest BCUT2D eigenvalue weighted by atomic mass is 127. The van der Waals surface area contributed by atoms with E-state index in [0.717, 1.165) is 22.1 Å². The van der Waals surface area contributed by atoms with Crippen LogP contribution in [0.1, 0.15) is 60.8 Å². The molecule has 16 heteroatoms. The predicted molar refractivity (Wildman–Crippen MR) is 241 cm³/mol. The van der Waals surface area contributed by atoms with Crippen molar-refractivity contribution in [2.75, 3.05) is 13.2 Å². The Hall–Kier alpha value is -5.53. The number of hydrogen-bond acceptors (Lipinski definition) is 4. The van der Waals surface area contributed by atoms with Gasteiger partial charge in [-0.25, -0.2) is 26.3 Å². The van der Waals surface area contributed by atoms with Gasteiger partial charge in [-0.1, -0.05) is 51.7 Å². The molecule has 6 rings (SSSR count). The molecule has 0 saturated carbocycles. The third kappa shape index (κ3) is 14.2. The van der Waals surface area contributed by atoms with Gasteiger partial charge in [-0.15, -0.1) is 0 Å². The summed E-state index contributed by atoms with van der Waals surface area (Å²) in [6.45, 7) is 0.144. The van der Waals surface area contributed by atoms with Crippen LogP contribution in [0.2, 0.25) is 0 Å². The number of hydrogen-bond donors (Lipinski definition) is 2. The maximum atomic E-state index is 14.8. The van der Waals surface area contributed by atoms with E-state index in [1.807, 2.05) is 22.6 Å². The summed E-state index contributed by atoms with van der Waals surface area (Å²) in [6, 6.07) is 21.1. The average molecular weight is 1100 g/mol. The zero-order chi connectivity index (χ0) is 48.0. The third-order valence-electron chi connectivity index (χ3n) is 9.23. The van der Waals surface area contributed by atoms with Crippen molar-refractivity contribution in [1.82, 2.24) is 0 Å². The van der Waals surface area contributed by atoms with E-state index in [1.54, 1.807) is 0 Å². The van der Waals surface area contributed by atoms with Gasteiger partial charge in [0.15, 0.2) is 0 Å². The minimum atomic E-state index is -4.35. The number of unbranched alkanes of at least 4 members (excludes halogenated alkanes) is 4. The monoisotopic (exact) mass is 1100 g/mol. The zero-order valence-electron chi connectivity index (χ0n) is 34.3. The molecule has 0 fully saturated rings. The van der Waals surface area contributed by atoms with Crippen LogP contribution in [-0.2, 0) is 12.2 Å². The number of alkyl halides is 4. The van der Waals surface area contributed by atoms with Gasteiger partial charge in [0.25, 0.3) is 0 Å². The number of rotatable bonds is 14. The second-order valence-electron chi connectivity index (χ2n) is 14.1. The first-order chi connectivity index (χ1) is 31.4. The highest BCUT2D eigenvalue weighted by molar-refractivity contribution is 14.1. The van der Waals surface area contributed by atoms with Crippen LogP contribution in [0.15, 0.2) is 114 Å². The predicted octanol–water partition coefficient (Wildman–Crippen LogP) is 14.2. The smallest absolute Gasteiger partial charge is 0.429 e. The molecule has 0 aliphatic rings. The largest absolute Gasteiger partial charge is 0.432 e. The molecule has 0 amide bonds. The van der Waals surface area contributed by atoms with E-state index in [1.165, 1.54) is 72.8 Å². The van der Waals surface area contributed by atoms with Crippen LogP contribution in [0.4, 0.5) is 43.9 Å². The Morgan fingerprint density at radius 2 is 0.879 bits per heavy atom. The van der Waals surface area contributed by atoms with Crippen LogP contribution in [0.3, 0.4) is 0 Å². The summed E-state index contributed by atoms with van der Waals surface area (Å²) in [5, 5.41) is 17.5. The first-order valence-electron chi connectivity index (χ1n) is 19.9. The van der Waals surface area contributed by atoms with Crippen molar-refractivity contribution in [2.45, 2.75) is 50.7 Å². The van der Waals surface area contributed by atoms with Crippen molar-refractivity contribution in [1.29, 1.82) is 0 Å².